The van der Waals surface area contributed by atoms with Crippen molar-refractivity contribution in [3.8, 4) is 6.01 Å². The standard InChI is InChI=1S/C11H19N5O3/c1-3-12-8-14-9(16-10(15-8)18-2)13-6-11(17)4-5-19-7-11/h17H,3-7H2,1-2H3,(H2,12,13,14,15,16). The van der Waals surface area contributed by atoms with Crippen LogP contribution in [0, 0.1) is 0 Å². The minimum absolute atomic E-state index is 0.225. The van der Waals surface area contributed by atoms with E-state index in [9.17, 15) is 5.11 Å². The highest BCUT2D eigenvalue weighted by Crippen LogP contribution is 2.19. The lowest BCUT2D eigenvalue weighted by Gasteiger charge is -2.20. The summed E-state index contributed by atoms with van der Waals surface area (Å²) in [5, 5.41) is 16.1. The first-order chi connectivity index (χ1) is 9.15. The molecule has 1 saturated heterocycles. The molecule has 0 aliphatic carbocycles. The lowest BCUT2D eigenvalue weighted by atomic mass is 10.0. The number of rotatable bonds is 6. The summed E-state index contributed by atoms with van der Waals surface area (Å²) in [6.45, 7) is 3.86. The molecule has 0 amide bonds. The zero-order chi connectivity index (χ0) is 13.7. The van der Waals surface area contributed by atoms with Crippen LogP contribution in [-0.2, 0) is 4.74 Å². The Bertz CT molecular complexity index is 423. The Morgan fingerprint density at radius 2 is 2.05 bits per heavy atom. The van der Waals surface area contributed by atoms with Crippen molar-refractivity contribution < 1.29 is 14.6 Å². The van der Waals surface area contributed by atoms with Gasteiger partial charge in [0.05, 0.1) is 13.7 Å². The number of hydrogen-bond donors (Lipinski definition) is 3. The Morgan fingerprint density at radius 3 is 2.63 bits per heavy atom. The molecule has 0 radical (unpaired) electrons. The van der Waals surface area contributed by atoms with E-state index in [1.807, 2.05) is 6.92 Å². The van der Waals surface area contributed by atoms with Gasteiger partial charge in [-0.25, -0.2) is 0 Å². The second-order valence-electron chi connectivity index (χ2n) is 4.38. The topological polar surface area (TPSA) is 101 Å². The first-order valence-electron chi connectivity index (χ1n) is 6.23. The van der Waals surface area contributed by atoms with Crippen molar-refractivity contribution in [1.82, 2.24) is 15.0 Å². The van der Waals surface area contributed by atoms with E-state index in [0.29, 0.717) is 44.6 Å². The van der Waals surface area contributed by atoms with E-state index >= 15 is 0 Å². The molecule has 1 aromatic heterocycles. The van der Waals surface area contributed by atoms with E-state index in [4.69, 9.17) is 9.47 Å². The Hall–Kier alpha value is -1.67. The molecule has 3 N–H and O–H groups in total. The van der Waals surface area contributed by atoms with Crippen LogP contribution < -0.4 is 15.4 Å². The SMILES string of the molecule is CCNc1nc(NCC2(O)CCOC2)nc(OC)n1. The van der Waals surface area contributed by atoms with Crippen LogP contribution in [0.2, 0.25) is 0 Å². The van der Waals surface area contributed by atoms with E-state index in [-0.39, 0.29) is 6.01 Å². The van der Waals surface area contributed by atoms with Crippen LogP contribution in [0.25, 0.3) is 0 Å². The molecule has 19 heavy (non-hydrogen) atoms. The molecule has 1 atom stereocenters. The van der Waals surface area contributed by atoms with Crippen LogP contribution in [0.5, 0.6) is 6.01 Å². The summed E-state index contributed by atoms with van der Waals surface area (Å²) in [5.41, 5.74) is -0.863. The smallest absolute Gasteiger partial charge is 0.322 e. The molecule has 0 aromatic carbocycles. The minimum Gasteiger partial charge on any atom is -0.467 e. The van der Waals surface area contributed by atoms with Gasteiger partial charge in [-0.15, -0.1) is 0 Å². The summed E-state index contributed by atoms with van der Waals surface area (Å²) in [6.07, 6.45) is 0.599. The monoisotopic (exact) mass is 269 g/mol. The van der Waals surface area contributed by atoms with E-state index in [1.54, 1.807) is 0 Å². The third-order valence-corrected chi connectivity index (χ3v) is 2.79. The van der Waals surface area contributed by atoms with Gasteiger partial charge in [-0.3, -0.25) is 0 Å². The van der Waals surface area contributed by atoms with Crippen LogP contribution >= 0.6 is 0 Å². The van der Waals surface area contributed by atoms with Crippen LogP contribution in [0.15, 0.2) is 0 Å². The lowest BCUT2D eigenvalue weighted by molar-refractivity contribution is 0.0380. The van der Waals surface area contributed by atoms with Gasteiger partial charge in [-0.1, -0.05) is 0 Å². The van der Waals surface area contributed by atoms with Crippen molar-refractivity contribution >= 4 is 11.9 Å². The second kappa shape index (κ2) is 5.98. The molecule has 0 spiro atoms. The molecule has 1 aliphatic heterocycles. The van der Waals surface area contributed by atoms with E-state index in [1.165, 1.54) is 7.11 Å². The highest BCUT2D eigenvalue weighted by atomic mass is 16.5. The number of nitrogens with one attached hydrogen (secondary N) is 2. The Kier molecular flexibility index (Phi) is 4.33. The molecule has 2 heterocycles. The average molecular weight is 269 g/mol. The van der Waals surface area contributed by atoms with Crippen molar-refractivity contribution in [2.24, 2.45) is 0 Å². The summed E-state index contributed by atoms with van der Waals surface area (Å²) < 4.78 is 10.2. The maximum Gasteiger partial charge on any atom is 0.322 e. The fraction of sp³-hybridized carbons (Fsp3) is 0.727. The van der Waals surface area contributed by atoms with Crippen molar-refractivity contribution in [3.05, 3.63) is 0 Å². The van der Waals surface area contributed by atoms with Gasteiger partial charge in [-0.2, -0.15) is 15.0 Å². The molecule has 1 aliphatic rings. The number of methoxy groups -OCH3 is 1. The lowest BCUT2D eigenvalue weighted by Crippen LogP contribution is -2.37. The maximum absolute atomic E-state index is 10.1. The summed E-state index contributed by atoms with van der Waals surface area (Å²) in [7, 11) is 1.49. The Morgan fingerprint density at radius 1 is 1.32 bits per heavy atom. The molecule has 106 valence electrons. The Labute approximate surface area is 111 Å². The fourth-order valence-corrected chi connectivity index (χ4v) is 1.74. The van der Waals surface area contributed by atoms with Crippen molar-refractivity contribution in [2.45, 2.75) is 18.9 Å². The second-order valence-corrected chi connectivity index (χ2v) is 4.38. The molecule has 1 unspecified atom stereocenters. The Balaban J connectivity index is 2.04. The number of nitrogens with zero attached hydrogens (tertiary/aromatic N) is 3. The predicted molar refractivity (Wildman–Crippen MR) is 69.4 cm³/mol. The molecule has 0 saturated carbocycles. The van der Waals surface area contributed by atoms with Crippen molar-refractivity contribution in [1.29, 1.82) is 0 Å². The number of aliphatic hydroxyl groups is 1. The minimum atomic E-state index is -0.863. The van der Waals surface area contributed by atoms with Crippen molar-refractivity contribution in [3.63, 3.8) is 0 Å². The number of hydrogen-bond acceptors (Lipinski definition) is 8. The van der Waals surface area contributed by atoms with E-state index < -0.39 is 5.60 Å². The summed E-state index contributed by atoms with van der Waals surface area (Å²) in [4.78, 5) is 12.3. The van der Waals surface area contributed by atoms with Crippen LogP contribution in [-0.4, -0.2) is 59.1 Å². The fourth-order valence-electron chi connectivity index (χ4n) is 1.74. The number of anilines is 2. The van der Waals surface area contributed by atoms with Gasteiger partial charge in [0.15, 0.2) is 0 Å². The molecule has 2 rings (SSSR count). The van der Waals surface area contributed by atoms with Crippen LogP contribution in [0.4, 0.5) is 11.9 Å². The number of ether oxygens (including phenoxy) is 2. The summed E-state index contributed by atoms with van der Waals surface area (Å²) in [6, 6.07) is 0.225. The summed E-state index contributed by atoms with van der Waals surface area (Å²) >= 11 is 0. The third-order valence-electron chi connectivity index (χ3n) is 2.79. The molecule has 8 heteroatoms. The molecule has 1 fully saturated rings. The average Bonchev–Trinajstić information content (AvgIpc) is 2.84. The molecular weight excluding hydrogens is 250 g/mol. The highest BCUT2D eigenvalue weighted by Gasteiger charge is 2.32. The quantitative estimate of drug-likeness (QED) is 0.657. The van der Waals surface area contributed by atoms with Gasteiger partial charge in [0.1, 0.15) is 5.60 Å². The largest absolute Gasteiger partial charge is 0.467 e. The van der Waals surface area contributed by atoms with Crippen molar-refractivity contribution in [2.75, 3.05) is 44.0 Å². The van der Waals surface area contributed by atoms with Gasteiger partial charge in [-0.05, 0) is 6.92 Å². The highest BCUT2D eigenvalue weighted by molar-refractivity contribution is 5.36. The zero-order valence-electron chi connectivity index (χ0n) is 11.1. The van der Waals surface area contributed by atoms with E-state index in [2.05, 4.69) is 25.6 Å². The molecule has 8 nitrogen and oxygen atoms in total. The molecule has 1 aromatic rings. The van der Waals surface area contributed by atoms with Gasteiger partial charge in [0.2, 0.25) is 11.9 Å². The van der Waals surface area contributed by atoms with Gasteiger partial charge < -0.3 is 25.2 Å². The van der Waals surface area contributed by atoms with Crippen LogP contribution in [0.1, 0.15) is 13.3 Å². The maximum atomic E-state index is 10.1. The summed E-state index contributed by atoms with van der Waals surface area (Å²) in [5.74, 6) is 0.801. The third kappa shape index (κ3) is 3.65. The van der Waals surface area contributed by atoms with Gasteiger partial charge in [0.25, 0.3) is 0 Å². The van der Waals surface area contributed by atoms with Gasteiger partial charge in [0, 0.05) is 26.1 Å². The normalized spacial score (nSPS) is 22.3. The molecular formula is C11H19N5O3. The zero-order valence-corrected chi connectivity index (χ0v) is 11.1. The van der Waals surface area contributed by atoms with Gasteiger partial charge >= 0.3 is 6.01 Å². The first kappa shape index (κ1) is 13.8. The predicted octanol–water partition coefficient (Wildman–Crippen LogP) is -0.125. The molecule has 0 bridgehead atoms. The first-order valence-corrected chi connectivity index (χ1v) is 6.23. The van der Waals surface area contributed by atoms with E-state index in [0.717, 1.165) is 0 Å². The van der Waals surface area contributed by atoms with Crippen LogP contribution in [0.3, 0.4) is 0 Å². The number of aromatic nitrogens is 3.